The molecule has 220 valence electrons. The topological polar surface area (TPSA) is 135 Å². The van der Waals surface area contributed by atoms with Crippen molar-refractivity contribution in [3.8, 4) is 0 Å². The van der Waals surface area contributed by atoms with Crippen LogP contribution < -0.4 is 0 Å². The van der Waals surface area contributed by atoms with Crippen LogP contribution in [0.1, 0.15) is 85.5 Å². The van der Waals surface area contributed by atoms with Gasteiger partial charge < -0.3 is 20.2 Å². The summed E-state index contributed by atoms with van der Waals surface area (Å²) < 4.78 is 31.1. The number of amides is 1. The zero-order valence-electron chi connectivity index (χ0n) is 23.9. The quantitative estimate of drug-likeness (QED) is 0.336. The smallest absolute Gasteiger partial charge is 0.266 e. The second-order valence-electron chi connectivity index (χ2n) is 13.8. The minimum absolute atomic E-state index is 0.0227. The normalized spacial score (nSPS) is 45.6. The van der Waals surface area contributed by atoms with E-state index >= 15 is 0 Å². The van der Waals surface area contributed by atoms with Crippen LogP contribution in [0.5, 0.6) is 0 Å². The van der Waals surface area contributed by atoms with E-state index in [1.807, 2.05) is 0 Å². The summed E-state index contributed by atoms with van der Waals surface area (Å²) in [5.74, 6) is 0.903. The summed E-state index contributed by atoms with van der Waals surface area (Å²) in [6.07, 6.45) is 5.80. The van der Waals surface area contributed by atoms with Crippen LogP contribution in [0.3, 0.4) is 0 Å². The number of nitrogens with zero attached hydrogens (tertiary/aromatic N) is 1. The first kappa shape index (κ1) is 30.2. The SMILES string of the molecule is CCC1C(O)C2C(CC(O)C3(C)C(C(C)CCC(=O)N(C)CCS(=O)(=O)O)CCC23)C2(C)CCC(O)CC12. The van der Waals surface area contributed by atoms with E-state index in [-0.39, 0.29) is 70.8 Å². The van der Waals surface area contributed by atoms with Crippen molar-refractivity contribution in [2.45, 2.75) is 104 Å². The van der Waals surface area contributed by atoms with E-state index in [9.17, 15) is 28.5 Å². The Morgan fingerprint density at radius 2 is 1.74 bits per heavy atom. The van der Waals surface area contributed by atoms with Gasteiger partial charge in [-0.2, -0.15) is 8.42 Å². The maximum absolute atomic E-state index is 12.6. The van der Waals surface area contributed by atoms with Crippen molar-refractivity contribution in [1.82, 2.24) is 4.90 Å². The number of fused-ring (bicyclic) bond motifs is 5. The van der Waals surface area contributed by atoms with Crippen LogP contribution in [0.2, 0.25) is 0 Å². The molecule has 0 saturated heterocycles. The van der Waals surface area contributed by atoms with Crippen molar-refractivity contribution < 1.29 is 33.1 Å². The molecule has 0 aliphatic heterocycles. The van der Waals surface area contributed by atoms with E-state index in [0.717, 1.165) is 38.5 Å². The molecule has 4 saturated carbocycles. The molecule has 4 fully saturated rings. The van der Waals surface area contributed by atoms with Crippen molar-refractivity contribution >= 4 is 16.0 Å². The molecule has 38 heavy (non-hydrogen) atoms. The number of aliphatic hydroxyl groups excluding tert-OH is 3. The van der Waals surface area contributed by atoms with Crippen LogP contribution in [0.15, 0.2) is 0 Å². The summed E-state index contributed by atoms with van der Waals surface area (Å²) in [5, 5.41) is 34.1. The lowest BCUT2D eigenvalue weighted by molar-refractivity contribution is -0.228. The first-order chi connectivity index (χ1) is 17.6. The third-order valence-corrected chi connectivity index (χ3v) is 12.9. The molecule has 4 aliphatic rings. The molecule has 4 rings (SSSR count). The maximum atomic E-state index is 12.6. The van der Waals surface area contributed by atoms with Gasteiger partial charge in [0.15, 0.2) is 0 Å². The highest BCUT2D eigenvalue weighted by Crippen LogP contribution is 2.69. The average Bonchev–Trinajstić information content (AvgIpc) is 3.21. The van der Waals surface area contributed by atoms with Gasteiger partial charge in [-0.3, -0.25) is 9.35 Å². The number of rotatable bonds is 8. The first-order valence-corrected chi connectivity index (χ1v) is 16.5. The fourth-order valence-electron chi connectivity index (χ4n) is 10.0. The molecular weight excluding hydrogens is 506 g/mol. The van der Waals surface area contributed by atoms with Gasteiger partial charge in [-0.05, 0) is 97.2 Å². The molecule has 9 heteroatoms. The summed E-state index contributed by atoms with van der Waals surface area (Å²) in [6, 6.07) is 0. The molecule has 0 aromatic heterocycles. The van der Waals surface area contributed by atoms with E-state index in [4.69, 9.17) is 4.55 Å². The standard InChI is InChI=1S/C29H51NO7S/c1-6-19-22-15-18(31)11-12-28(22,3)23-16-24(32)29(4)20(8-9-21(29)26(23)27(19)34)17(2)7-10-25(33)30(5)13-14-38(35,36)37/h17-24,26-27,31-32,34H,6-16H2,1-5H3,(H,35,36,37). The summed E-state index contributed by atoms with van der Waals surface area (Å²) in [6.45, 7) is 8.87. The third-order valence-electron chi connectivity index (χ3n) is 12.2. The fraction of sp³-hybridized carbons (Fsp3) is 0.966. The molecule has 0 bridgehead atoms. The van der Waals surface area contributed by atoms with Gasteiger partial charge >= 0.3 is 0 Å². The predicted molar refractivity (Wildman–Crippen MR) is 146 cm³/mol. The Balaban J connectivity index is 1.50. The minimum atomic E-state index is -4.11. The maximum Gasteiger partial charge on any atom is 0.266 e. The van der Waals surface area contributed by atoms with E-state index in [2.05, 4.69) is 27.7 Å². The lowest BCUT2D eigenvalue weighted by Crippen LogP contribution is -2.65. The van der Waals surface area contributed by atoms with E-state index < -0.39 is 28.1 Å². The highest BCUT2D eigenvalue weighted by atomic mass is 32.2. The van der Waals surface area contributed by atoms with Gasteiger partial charge in [0.25, 0.3) is 10.1 Å². The van der Waals surface area contributed by atoms with Gasteiger partial charge in [0.2, 0.25) is 5.91 Å². The van der Waals surface area contributed by atoms with E-state index in [0.29, 0.717) is 19.3 Å². The minimum Gasteiger partial charge on any atom is -0.393 e. The van der Waals surface area contributed by atoms with Gasteiger partial charge in [-0.15, -0.1) is 0 Å². The Labute approximate surface area is 229 Å². The Kier molecular flexibility index (Phi) is 8.68. The molecule has 0 heterocycles. The number of carbonyl (C=O) groups excluding carboxylic acids is 1. The Morgan fingerprint density at radius 1 is 1.05 bits per heavy atom. The highest BCUT2D eigenvalue weighted by molar-refractivity contribution is 7.85. The lowest BCUT2D eigenvalue weighted by Gasteiger charge is -2.65. The fourth-order valence-corrected chi connectivity index (χ4v) is 10.5. The zero-order valence-corrected chi connectivity index (χ0v) is 24.7. The van der Waals surface area contributed by atoms with Gasteiger partial charge in [-0.25, -0.2) is 0 Å². The molecule has 1 amide bonds. The molecular formula is C29H51NO7S. The van der Waals surface area contributed by atoms with Crippen molar-refractivity contribution in [2.24, 2.45) is 52.3 Å². The number of hydrogen-bond donors (Lipinski definition) is 4. The van der Waals surface area contributed by atoms with Gasteiger partial charge in [0, 0.05) is 20.0 Å². The Hall–Kier alpha value is -0.740. The third kappa shape index (κ3) is 5.19. The molecule has 12 atom stereocenters. The summed E-state index contributed by atoms with van der Waals surface area (Å²) in [4.78, 5) is 14.0. The van der Waals surface area contributed by atoms with Crippen LogP contribution in [0, 0.1) is 52.3 Å². The van der Waals surface area contributed by atoms with Crippen LogP contribution in [-0.4, -0.2) is 76.8 Å². The van der Waals surface area contributed by atoms with Crippen molar-refractivity contribution in [3.05, 3.63) is 0 Å². The van der Waals surface area contributed by atoms with Crippen molar-refractivity contribution in [1.29, 1.82) is 0 Å². The summed E-state index contributed by atoms with van der Waals surface area (Å²) >= 11 is 0. The Bertz CT molecular complexity index is 974. The van der Waals surface area contributed by atoms with Crippen LogP contribution in [0.25, 0.3) is 0 Å². The molecule has 12 unspecified atom stereocenters. The van der Waals surface area contributed by atoms with Crippen LogP contribution >= 0.6 is 0 Å². The predicted octanol–water partition coefficient (Wildman–Crippen LogP) is 3.35. The van der Waals surface area contributed by atoms with Crippen molar-refractivity contribution in [2.75, 3.05) is 19.3 Å². The monoisotopic (exact) mass is 557 g/mol. The molecule has 8 nitrogen and oxygen atoms in total. The van der Waals surface area contributed by atoms with Crippen LogP contribution in [-0.2, 0) is 14.9 Å². The number of aliphatic hydroxyl groups is 3. The summed E-state index contributed by atoms with van der Waals surface area (Å²) in [7, 11) is -2.56. The first-order valence-electron chi connectivity index (χ1n) is 14.9. The highest BCUT2D eigenvalue weighted by Gasteiger charge is 2.67. The second-order valence-corrected chi connectivity index (χ2v) is 15.4. The molecule has 4 aliphatic carbocycles. The van der Waals surface area contributed by atoms with Gasteiger partial charge in [0.1, 0.15) is 0 Å². The zero-order chi connectivity index (χ0) is 28.2. The average molecular weight is 558 g/mol. The van der Waals surface area contributed by atoms with Gasteiger partial charge in [0.05, 0.1) is 24.1 Å². The van der Waals surface area contributed by atoms with Crippen LogP contribution in [0.4, 0.5) is 0 Å². The molecule has 0 radical (unpaired) electrons. The Morgan fingerprint density at radius 3 is 2.37 bits per heavy atom. The number of carbonyl (C=O) groups is 1. The number of hydrogen-bond acceptors (Lipinski definition) is 6. The molecule has 0 spiro atoms. The summed E-state index contributed by atoms with van der Waals surface area (Å²) in [5.41, 5.74) is -0.300. The van der Waals surface area contributed by atoms with Gasteiger partial charge in [-0.1, -0.05) is 34.1 Å². The van der Waals surface area contributed by atoms with Crippen molar-refractivity contribution in [3.63, 3.8) is 0 Å². The lowest BCUT2D eigenvalue weighted by atomic mass is 9.41. The second kappa shape index (κ2) is 10.9. The molecule has 0 aromatic carbocycles. The molecule has 4 N–H and O–H groups in total. The molecule has 0 aromatic rings. The van der Waals surface area contributed by atoms with E-state index in [1.165, 1.54) is 4.90 Å². The largest absolute Gasteiger partial charge is 0.393 e. The van der Waals surface area contributed by atoms with E-state index in [1.54, 1.807) is 7.05 Å².